The Hall–Kier alpha value is -1.62. The molecule has 0 fully saturated rings. The third-order valence-corrected chi connectivity index (χ3v) is 3.62. The summed E-state index contributed by atoms with van der Waals surface area (Å²) in [7, 11) is 1.68. The van der Waals surface area contributed by atoms with Gasteiger partial charge >= 0.3 is 0 Å². The maximum atomic E-state index is 5.15. The predicted octanol–water partition coefficient (Wildman–Crippen LogP) is 3.50. The zero-order chi connectivity index (χ0) is 14.6. The standard InChI is InChI=1S/C15H21N3OS/c1-15(2,3)13-17-14(20-18-13)16-10-9-11-5-7-12(19-4)8-6-11/h5-8H,9-10H2,1-4H3,(H,16,17,18). The van der Waals surface area contributed by atoms with Gasteiger partial charge in [0.2, 0.25) is 5.13 Å². The molecule has 0 unspecified atom stereocenters. The summed E-state index contributed by atoms with van der Waals surface area (Å²) in [5.74, 6) is 1.79. The molecule has 0 atom stereocenters. The summed E-state index contributed by atoms with van der Waals surface area (Å²) in [5, 5.41) is 4.22. The molecule has 0 radical (unpaired) electrons. The highest BCUT2D eigenvalue weighted by atomic mass is 32.1. The number of methoxy groups -OCH3 is 1. The molecule has 0 saturated carbocycles. The van der Waals surface area contributed by atoms with Crippen LogP contribution in [-0.4, -0.2) is 23.0 Å². The average Bonchev–Trinajstić information content (AvgIpc) is 2.88. The van der Waals surface area contributed by atoms with Crippen LogP contribution in [-0.2, 0) is 11.8 Å². The van der Waals surface area contributed by atoms with Crippen LogP contribution < -0.4 is 10.1 Å². The van der Waals surface area contributed by atoms with E-state index in [0.717, 1.165) is 29.7 Å². The van der Waals surface area contributed by atoms with Crippen molar-refractivity contribution in [2.75, 3.05) is 19.0 Å². The molecule has 5 heteroatoms. The summed E-state index contributed by atoms with van der Waals surface area (Å²) in [4.78, 5) is 4.52. The molecule has 2 rings (SSSR count). The van der Waals surface area contributed by atoms with E-state index in [1.807, 2.05) is 12.1 Å². The van der Waals surface area contributed by atoms with Crippen molar-refractivity contribution >= 4 is 16.7 Å². The molecular weight excluding hydrogens is 270 g/mol. The summed E-state index contributed by atoms with van der Waals surface area (Å²) in [5.41, 5.74) is 1.28. The van der Waals surface area contributed by atoms with Crippen molar-refractivity contribution in [2.45, 2.75) is 32.6 Å². The minimum Gasteiger partial charge on any atom is -0.497 e. The summed E-state index contributed by atoms with van der Waals surface area (Å²) in [6, 6.07) is 8.14. The van der Waals surface area contributed by atoms with Gasteiger partial charge in [0.1, 0.15) is 11.6 Å². The smallest absolute Gasteiger partial charge is 0.202 e. The van der Waals surface area contributed by atoms with Gasteiger partial charge in [0, 0.05) is 23.5 Å². The van der Waals surface area contributed by atoms with Gasteiger partial charge in [0.15, 0.2) is 0 Å². The summed E-state index contributed by atoms with van der Waals surface area (Å²) >= 11 is 1.43. The number of nitrogens with one attached hydrogen (secondary N) is 1. The molecule has 4 nitrogen and oxygen atoms in total. The van der Waals surface area contributed by atoms with E-state index >= 15 is 0 Å². The topological polar surface area (TPSA) is 47.0 Å². The lowest BCUT2D eigenvalue weighted by molar-refractivity contribution is 0.414. The molecule has 0 bridgehead atoms. The highest BCUT2D eigenvalue weighted by Crippen LogP contribution is 2.22. The van der Waals surface area contributed by atoms with Crippen molar-refractivity contribution in [3.63, 3.8) is 0 Å². The first-order chi connectivity index (χ1) is 9.49. The molecule has 0 aliphatic rings. The van der Waals surface area contributed by atoms with Gasteiger partial charge in [-0.1, -0.05) is 32.9 Å². The molecule has 1 N–H and O–H groups in total. The minimum absolute atomic E-state index is 0.00636. The van der Waals surface area contributed by atoms with Crippen molar-refractivity contribution in [1.82, 2.24) is 9.36 Å². The van der Waals surface area contributed by atoms with E-state index < -0.39 is 0 Å². The van der Waals surface area contributed by atoms with Gasteiger partial charge in [-0.05, 0) is 24.1 Å². The van der Waals surface area contributed by atoms with Crippen molar-refractivity contribution in [3.8, 4) is 5.75 Å². The third-order valence-electron chi connectivity index (χ3n) is 2.95. The van der Waals surface area contributed by atoms with Crippen LogP contribution in [0.5, 0.6) is 5.75 Å². The first kappa shape index (κ1) is 14.8. The van der Waals surface area contributed by atoms with Gasteiger partial charge in [-0.3, -0.25) is 0 Å². The molecule has 0 saturated heterocycles. The first-order valence-corrected chi connectivity index (χ1v) is 7.47. The molecule has 0 spiro atoms. The minimum atomic E-state index is 0.00636. The number of anilines is 1. The fraction of sp³-hybridized carbons (Fsp3) is 0.467. The molecule has 1 heterocycles. The van der Waals surface area contributed by atoms with Crippen LogP contribution >= 0.6 is 11.5 Å². The number of nitrogens with zero attached hydrogens (tertiary/aromatic N) is 2. The Labute approximate surface area is 124 Å². The van der Waals surface area contributed by atoms with Crippen molar-refractivity contribution in [2.24, 2.45) is 0 Å². The van der Waals surface area contributed by atoms with Gasteiger partial charge in [0.05, 0.1) is 7.11 Å². The second-order valence-corrected chi connectivity index (χ2v) is 6.45. The van der Waals surface area contributed by atoms with Crippen molar-refractivity contribution < 1.29 is 4.74 Å². The number of hydrogen-bond donors (Lipinski definition) is 1. The quantitative estimate of drug-likeness (QED) is 0.916. The Bertz CT molecular complexity index is 543. The van der Waals surface area contributed by atoms with Crippen molar-refractivity contribution in [3.05, 3.63) is 35.7 Å². The first-order valence-electron chi connectivity index (χ1n) is 6.70. The maximum absolute atomic E-state index is 5.15. The fourth-order valence-electron chi connectivity index (χ4n) is 1.71. The van der Waals surface area contributed by atoms with E-state index in [-0.39, 0.29) is 5.41 Å². The normalized spacial score (nSPS) is 11.4. The van der Waals surface area contributed by atoms with E-state index in [1.165, 1.54) is 17.1 Å². The highest BCUT2D eigenvalue weighted by Gasteiger charge is 2.19. The number of ether oxygens (including phenoxy) is 1. The number of hydrogen-bond acceptors (Lipinski definition) is 5. The van der Waals surface area contributed by atoms with Crippen LogP contribution in [0.1, 0.15) is 32.2 Å². The fourth-order valence-corrected chi connectivity index (χ4v) is 2.49. The molecule has 0 aliphatic heterocycles. The molecule has 0 aliphatic carbocycles. The lowest BCUT2D eigenvalue weighted by atomic mass is 9.96. The van der Waals surface area contributed by atoms with Gasteiger partial charge in [-0.2, -0.15) is 4.37 Å². The lowest BCUT2D eigenvalue weighted by Gasteiger charge is -2.12. The second-order valence-electron chi connectivity index (χ2n) is 5.70. The number of aromatic nitrogens is 2. The number of benzene rings is 1. The SMILES string of the molecule is COc1ccc(CCNc2nc(C(C)(C)C)ns2)cc1. The highest BCUT2D eigenvalue weighted by molar-refractivity contribution is 7.09. The molecule has 1 aromatic carbocycles. The third kappa shape index (κ3) is 3.93. The molecule has 108 valence electrons. The Kier molecular flexibility index (Phi) is 4.60. The van der Waals surface area contributed by atoms with Crippen LogP contribution in [0, 0.1) is 0 Å². The summed E-state index contributed by atoms with van der Waals surface area (Å²) < 4.78 is 9.53. The maximum Gasteiger partial charge on any atom is 0.202 e. The van der Waals surface area contributed by atoms with Gasteiger partial charge in [-0.25, -0.2) is 4.98 Å². The van der Waals surface area contributed by atoms with Gasteiger partial charge in [0.25, 0.3) is 0 Å². The van der Waals surface area contributed by atoms with E-state index in [0.29, 0.717) is 0 Å². The van der Waals surface area contributed by atoms with Crippen LogP contribution in [0.25, 0.3) is 0 Å². The zero-order valence-electron chi connectivity index (χ0n) is 12.4. The Morgan fingerprint density at radius 3 is 2.45 bits per heavy atom. The van der Waals surface area contributed by atoms with E-state index in [4.69, 9.17) is 4.74 Å². The van der Waals surface area contributed by atoms with Crippen LogP contribution in [0.4, 0.5) is 5.13 Å². The van der Waals surface area contributed by atoms with Crippen LogP contribution in [0.15, 0.2) is 24.3 Å². The monoisotopic (exact) mass is 291 g/mol. The predicted molar refractivity (Wildman–Crippen MR) is 83.8 cm³/mol. The average molecular weight is 291 g/mol. The van der Waals surface area contributed by atoms with Crippen molar-refractivity contribution in [1.29, 1.82) is 0 Å². The van der Waals surface area contributed by atoms with Gasteiger partial charge in [-0.15, -0.1) is 0 Å². The Balaban J connectivity index is 1.84. The Morgan fingerprint density at radius 2 is 1.90 bits per heavy atom. The largest absolute Gasteiger partial charge is 0.497 e. The van der Waals surface area contributed by atoms with E-state index in [1.54, 1.807) is 7.11 Å². The lowest BCUT2D eigenvalue weighted by Crippen LogP contribution is -2.13. The molecule has 2 aromatic rings. The molecule has 1 aromatic heterocycles. The Morgan fingerprint density at radius 1 is 1.20 bits per heavy atom. The van der Waals surface area contributed by atoms with Crippen LogP contribution in [0.2, 0.25) is 0 Å². The number of rotatable bonds is 5. The molecule has 20 heavy (non-hydrogen) atoms. The van der Waals surface area contributed by atoms with E-state index in [2.05, 4.69) is 47.6 Å². The molecular formula is C15H21N3OS. The summed E-state index contributed by atoms with van der Waals surface area (Å²) in [6.07, 6.45) is 0.953. The second kappa shape index (κ2) is 6.22. The van der Waals surface area contributed by atoms with Crippen LogP contribution in [0.3, 0.4) is 0 Å². The van der Waals surface area contributed by atoms with Gasteiger partial charge < -0.3 is 10.1 Å². The zero-order valence-corrected chi connectivity index (χ0v) is 13.3. The van der Waals surface area contributed by atoms with E-state index in [9.17, 15) is 0 Å². The molecule has 0 amide bonds. The summed E-state index contributed by atoms with van der Waals surface area (Å²) in [6.45, 7) is 7.22.